The molecule has 64 valence electrons. The maximum absolute atomic E-state index is 3.95. The van der Waals surface area contributed by atoms with Crippen LogP contribution in [-0.4, -0.2) is 23.9 Å². The summed E-state index contributed by atoms with van der Waals surface area (Å²) in [6.45, 7) is 5.87. The van der Waals surface area contributed by atoms with Gasteiger partial charge in [-0.25, -0.2) is 9.98 Å². The second kappa shape index (κ2) is 3.85. The van der Waals surface area contributed by atoms with Crippen LogP contribution in [-0.2, 0) is 0 Å². The predicted octanol–water partition coefficient (Wildman–Crippen LogP) is 1.66. The minimum atomic E-state index is -0.211. The van der Waals surface area contributed by atoms with Gasteiger partial charge in [0, 0.05) is 0 Å². The molecule has 2 aliphatic rings. The molecule has 2 aliphatic heterocycles. The molecule has 1 atom stereocenters. The molecule has 0 aromatic heterocycles. The monoisotopic (exact) mass is 165 g/mol. The Labute approximate surface area is 71.0 Å². The van der Waals surface area contributed by atoms with Crippen molar-refractivity contribution in [2.75, 3.05) is 0 Å². The lowest BCUT2D eigenvalue weighted by atomic mass is 10.2. The first-order chi connectivity index (χ1) is 5.88. The quantitative estimate of drug-likeness (QED) is 0.524. The summed E-state index contributed by atoms with van der Waals surface area (Å²) in [5.41, 5.74) is 1.62. The lowest BCUT2D eigenvalue weighted by Crippen LogP contribution is -2.24. The van der Waals surface area contributed by atoms with Gasteiger partial charge in [-0.3, -0.25) is 0 Å². The summed E-state index contributed by atoms with van der Waals surface area (Å²) in [7, 11) is 0. The minimum Gasteiger partial charge on any atom is -0.240 e. The molecule has 0 saturated heterocycles. The third kappa shape index (κ3) is 1.44. The van der Waals surface area contributed by atoms with Gasteiger partial charge in [-0.1, -0.05) is 13.8 Å². The highest BCUT2D eigenvalue weighted by molar-refractivity contribution is 6.45. The molecule has 0 bridgehead atoms. The van der Waals surface area contributed by atoms with E-state index in [0.29, 0.717) is 0 Å². The van der Waals surface area contributed by atoms with E-state index in [1.165, 1.54) is 6.34 Å². The first kappa shape index (κ1) is 8.70. The molecule has 1 unspecified atom stereocenters. The average Bonchev–Trinajstić information content (AvgIpc) is 2.57. The number of rotatable bonds is 0. The molecule has 0 saturated carbocycles. The molecule has 0 aromatic carbocycles. The fourth-order valence-electron chi connectivity index (χ4n) is 0.838. The molecule has 0 fully saturated rings. The zero-order chi connectivity index (χ0) is 8.97. The minimum absolute atomic E-state index is 0.211. The molecule has 0 spiro atoms. The van der Waals surface area contributed by atoms with Crippen molar-refractivity contribution in [2.45, 2.75) is 26.9 Å². The van der Waals surface area contributed by atoms with Gasteiger partial charge in [0.1, 0.15) is 12.1 Å². The van der Waals surface area contributed by atoms with E-state index >= 15 is 0 Å². The average molecular weight is 165 g/mol. The summed E-state index contributed by atoms with van der Waals surface area (Å²) in [5.74, 6) is 0. The van der Waals surface area contributed by atoms with Gasteiger partial charge >= 0.3 is 0 Å². The Morgan fingerprint density at radius 1 is 1.33 bits per heavy atom. The maximum Gasteiger partial charge on any atom is 0.209 e. The summed E-state index contributed by atoms with van der Waals surface area (Å²) in [6.07, 6.45) is 1.28. The topological polar surface area (TPSA) is 61.8 Å². The molecule has 0 aliphatic carbocycles. The highest BCUT2D eigenvalue weighted by Gasteiger charge is 2.22. The van der Waals surface area contributed by atoms with E-state index in [9.17, 15) is 0 Å². The van der Waals surface area contributed by atoms with Crippen LogP contribution in [0.4, 0.5) is 0 Å². The van der Waals surface area contributed by atoms with Crippen molar-refractivity contribution < 1.29 is 0 Å². The second-order valence-electron chi connectivity index (χ2n) is 2.04. The van der Waals surface area contributed by atoms with Gasteiger partial charge in [0.05, 0.1) is 5.71 Å². The highest BCUT2D eigenvalue weighted by Crippen LogP contribution is 2.10. The lowest BCUT2D eigenvalue weighted by Gasteiger charge is -2.05. The summed E-state index contributed by atoms with van der Waals surface area (Å²) in [4.78, 5) is 7.88. The van der Waals surface area contributed by atoms with Gasteiger partial charge < -0.3 is 0 Å². The van der Waals surface area contributed by atoms with Crippen LogP contribution in [0.3, 0.4) is 0 Å². The van der Waals surface area contributed by atoms with Crippen molar-refractivity contribution in [1.29, 1.82) is 0 Å². The standard InChI is InChI=1S/C5H5N5.C2H6/c1-3-4-5(7-2-6-3)9-10-8-4;1-2/h2,5H,1H3;1-2H3. The summed E-state index contributed by atoms with van der Waals surface area (Å²) in [5, 5.41) is 11.0. The zero-order valence-electron chi connectivity index (χ0n) is 7.39. The van der Waals surface area contributed by atoms with E-state index < -0.39 is 0 Å². The van der Waals surface area contributed by atoms with Crippen LogP contribution in [0, 0.1) is 0 Å². The predicted molar refractivity (Wildman–Crippen MR) is 49.0 cm³/mol. The van der Waals surface area contributed by atoms with Crippen molar-refractivity contribution in [3.8, 4) is 0 Å². The van der Waals surface area contributed by atoms with E-state index in [2.05, 4.69) is 25.4 Å². The zero-order valence-corrected chi connectivity index (χ0v) is 7.39. The van der Waals surface area contributed by atoms with Gasteiger partial charge in [0.25, 0.3) is 0 Å². The normalized spacial score (nSPS) is 23.8. The van der Waals surface area contributed by atoms with Crippen molar-refractivity contribution in [1.82, 2.24) is 0 Å². The van der Waals surface area contributed by atoms with E-state index in [0.717, 1.165) is 11.4 Å². The Morgan fingerprint density at radius 3 is 2.75 bits per heavy atom. The van der Waals surface area contributed by atoms with Crippen LogP contribution >= 0.6 is 0 Å². The summed E-state index contributed by atoms with van der Waals surface area (Å²) in [6, 6.07) is 0. The van der Waals surface area contributed by atoms with Crippen LogP contribution < -0.4 is 0 Å². The molecule has 5 nitrogen and oxygen atoms in total. The molecule has 2 rings (SSSR count). The number of nitrogens with zero attached hydrogens (tertiary/aromatic N) is 5. The Kier molecular flexibility index (Phi) is 2.79. The van der Waals surface area contributed by atoms with E-state index in [1.54, 1.807) is 0 Å². The largest absolute Gasteiger partial charge is 0.240 e. The fourth-order valence-corrected chi connectivity index (χ4v) is 0.838. The van der Waals surface area contributed by atoms with Crippen LogP contribution in [0.2, 0.25) is 0 Å². The second-order valence-corrected chi connectivity index (χ2v) is 2.04. The Bertz CT molecular complexity index is 274. The lowest BCUT2D eigenvalue weighted by molar-refractivity contribution is 0.878. The molecule has 2 heterocycles. The van der Waals surface area contributed by atoms with Crippen LogP contribution in [0.15, 0.2) is 25.4 Å². The Balaban J connectivity index is 0.000000336. The summed E-state index contributed by atoms with van der Waals surface area (Å²) < 4.78 is 0. The maximum atomic E-state index is 3.95. The first-order valence-electron chi connectivity index (χ1n) is 3.92. The van der Waals surface area contributed by atoms with Crippen molar-refractivity contribution in [2.24, 2.45) is 25.4 Å². The van der Waals surface area contributed by atoms with Crippen molar-refractivity contribution >= 4 is 17.8 Å². The summed E-state index contributed by atoms with van der Waals surface area (Å²) >= 11 is 0. The number of hydrogen-bond donors (Lipinski definition) is 0. The molecule has 0 aromatic rings. The molecule has 0 radical (unpaired) electrons. The molecular formula is C7H11N5. The molecule has 0 N–H and O–H groups in total. The van der Waals surface area contributed by atoms with Gasteiger partial charge in [-0.05, 0) is 12.1 Å². The molecule has 12 heavy (non-hydrogen) atoms. The van der Waals surface area contributed by atoms with Crippen LogP contribution in [0.25, 0.3) is 0 Å². The van der Waals surface area contributed by atoms with Crippen molar-refractivity contribution in [3.63, 3.8) is 0 Å². The van der Waals surface area contributed by atoms with E-state index in [4.69, 9.17) is 0 Å². The first-order valence-corrected chi connectivity index (χ1v) is 3.92. The van der Waals surface area contributed by atoms with Gasteiger partial charge in [0.2, 0.25) is 6.17 Å². The third-order valence-electron chi connectivity index (χ3n) is 1.39. The third-order valence-corrected chi connectivity index (χ3v) is 1.39. The number of aliphatic imine (C=N–C) groups is 2. The van der Waals surface area contributed by atoms with Crippen LogP contribution in [0.1, 0.15) is 20.8 Å². The van der Waals surface area contributed by atoms with Gasteiger partial charge in [-0.2, -0.15) is 0 Å². The molecule has 0 amide bonds. The molecular weight excluding hydrogens is 154 g/mol. The van der Waals surface area contributed by atoms with E-state index in [1.807, 2.05) is 20.8 Å². The van der Waals surface area contributed by atoms with E-state index in [-0.39, 0.29) is 6.17 Å². The van der Waals surface area contributed by atoms with Gasteiger partial charge in [0.15, 0.2) is 0 Å². The SMILES string of the molecule is CC.CC1=NC=NC2N=NN=C12. The fraction of sp³-hybridized carbons (Fsp3) is 0.571. The Hall–Kier alpha value is -1.39. The smallest absolute Gasteiger partial charge is 0.209 e. The van der Waals surface area contributed by atoms with Crippen LogP contribution in [0.5, 0.6) is 0 Å². The van der Waals surface area contributed by atoms with Crippen molar-refractivity contribution in [3.05, 3.63) is 0 Å². The Morgan fingerprint density at radius 2 is 2.08 bits per heavy atom. The number of hydrogen-bond acceptors (Lipinski definition) is 5. The number of fused-ring (bicyclic) bond motifs is 1. The van der Waals surface area contributed by atoms with Gasteiger partial charge in [-0.15, -0.1) is 10.2 Å². The molecule has 5 heteroatoms. The highest BCUT2D eigenvalue weighted by atomic mass is 15.4.